The number of aliphatic hydroxyl groups is 1. The van der Waals surface area contributed by atoms with Gasteiger partial charge in [0.1, 0.15) is 0 Å². The van der Waals surface area contributed by atoms with E-state index in [9.17, 15) is 5.11 Å². The molecule has 1 heteroatoms. The van der Waals surface area contributed by atoms with Gasteiger partial charge in [0.15, 0.2) is 0 Å². The van der Waals surface area contributed by atoms with Crippen molar-refractivity contribution in [2.24, 2.45) is 28.6 Å². The number of rotatable bonds is 0. The Balaban J connectivity index is 1.72. The molecule has 0 aliphatic heterocycles. The zero-order valence-electron chi connectivity index (χ0n) is 13.5. The Morgan fingerprint density at radius 2 is 1.60 bits per heavy atom. The molecule has 1 N–H and O–H groups in total. The molecule has 0 spiro atoms. The molecule has 6 atom stereocenters. The van der Waals surface area contributed by atoms with Gasteiger partial charge in [-0.2, -0.15) is 0 Å². The van der Waals surface area contributed by atoms with Crippen LogP contribution in [0.3, 0.4) is 0 Å². The molecule has 0 amide bonds. The van der Waals surface area contributed by atoms with Crippen molar-refractivity contribution in [1.29, 1.82) is 0 Å². The summed E-state index contributed by atoms with van der Waals surface area (Å²) in [5, 5.41) is 11.7. The van der Waals surface area contributed by atoms with Gasteiger partial charge >= 0.3 is 0 Å². The van der Waals surface area contributed by atoms with Crippen molar-refractivity contribution in [1.82, 2.24) is 0 Å². The van der Waals surface area contributed by atoms with Crippen LogP contribution in [-0.2, 0) is 0 Å². The van der Waals surface area contributed by atoms with E-state index in [1.807, 2.05) is 0 Å². The van der Waals surface area contributed by atoms with Gasteiger partial charge in [0.05, 0.1) is 5.60 Å². The molecule has 4 aliphatic rings. The third-order valence-corrected chi connectivity index (χ3v) is 8.43. The van der Waals surface area contributed by atoms with E-state index in [0.717, 1.165) is 12.3 Å². The molecular formula is C19H32O. The average Bonchev–Trinajstić information content (AvgIpc) is 2.81. The van der Waals surface area contributed by atoms with Crippen LogP contribution >= 0.6 is 0 Å². The number of fused-ring (bicyclic) bond motifs is 5. The predicted octanol–water partition coefficient (Wildman–Crippen LogP) is 4.92. The van der Waals surface area contributed by atoms with Crippen LogP contribution in [0.25, 0.3) is 0 Å². The summed E-state index contributed by atoms with van der Waals surface area (Å²) < 4.78 is 0. The molecule has 0 aromatic carbocycles. The van der Waals surface area contributed by atoms with E-state index in [-0.39, 0.29) is 5.60 Å². The highest BCUT2D eigenvalue weighted by Gasteiger charge is 2.64. The van der Waals surface area contributed by atoms with E-state index in [0.29, 0.717) is 22.7 Å². The van der Waals surface area contributed by atoms with Crippen molar-refractivity contribution in [3.05, 3.63) is 0 Å². The van der Waals surface area contributed by atoms with E-state index in [2.05, 4.69) is 13.8 Å². The van der Waals surface area contributed by atoms with Crippen LogP contribution in [0, 0.1) is 28.6 Å². The first-order valence-electron chi connectivity index (χ1n) is 9.21. The zero-order chi connectivity index (χ0) is 14.0. The second-order valence-electron chi connectivity index (χ2n) is 9.17. The van der Waals surface area contributed by atoms with Gasteiger partial charge in [-0.3, -0.25) is 0 Å². The average molecular weight is 276 g/mol. The van der Waals surface area contributed by atoms with Crippen molar-refractivity contribution < 1.29 is 5.11 Å². The molecular weight excluding hydrogens is 244 g/mol. The van der Waals surface area contributed by atoms with Crippen LogP contribution in [0.1, 0.15) is 84.5 Å². The van der Waals surface area contributed by atoms with E-state index < -0.39 is 0 Å². The Morgan fingerprint density at radius 3 is 2.45 bits per heavy atom. The van der Waals surface area contributed by atoms with E-state index in [4.69, 9.17) is 0 Å². The quantitative estimate of drug-likeness (QED) is 0.665. The Bertz CT molecular complexity index is 405. The van der Waals surface area contributed by atoms with Gasteiger partial charge in [-0.05, 0) is 80.0 Å². The highest BCUT2D eigenvalue weighted by Crippen LogP contribution is 2.67. The molecule has 4 saturated carbocycles. The van der Waals surface area contributed by atoms with Gasteiger partial charge in [-0.15, -0.1) is 0 Å². The van der Waals surface area contributed by atoms with Crippen molar-refractivity contribution in [3.63, 3.8) is 0 Å². The lowest BCUT2D eigenvalue weighted by molar-refractivity contribution is -0.216. The standard InChI is InChI=1S/C19H32O/c1-17-10-5-7-15(17)19(20)13-8-14-6-3-4-11-18(14,2)16(19)9-12-17/h14-16,20H,3-13H2,1-2H3/t14?,15?,16?,17-,18-,19+/m0/s1. The highest BCUT2D eigenvalue weighted by molar-refractivity contribution is 5.14. The third-order valence-electron chi connectivity index (χ3n) is 8.43. The van der Waals surface area contributed by atoms with E-state index in [1.54, 1.807) is 0 Å². The molecule has 3 unspecified atom stereocenters. The van der Waals surface area contributed by atoms with Crippen LogP contribution in [0.4, 0.5) is 0 Å². The fourth-order valence-corrected chi connectivity index (χ4v) is 7.37. The van der Waals surface area contributed by atoms with Crippen LogP contribution in [0.15, 0.2) is 0 Å². The van der Waals surface area contributed by atoms with Crippen LogP contribution in [0.2, 0.25) is 0 Å². The SMILES string of the molecule is C[C@@]12CCCC1[C@]1(O)CCC3CCCC[C@]3(C)C1CC2. The first-order valence-corrected chi connectivity index (χ1v) is 9.21. The van der Waals surface area contributed by atoms with Gasteiger partial charge in [0.25, 0.3) is 0 Å². The van der Waals surface area contributed by atoms with Crippen LogP contribution < -0.4 is 0 Å². The van der Waals surface area contributed by atoms with Gasteiger partial charge in [0, 0.05) is 0 Å². The van der Waals surface area contributed by atoms with Gasteiger partial charge < -0.3 is 5.11 Å². The molecule has 114 valence electrons. The lowest BCUT2D eigenvalue weighted by Gasteiger charge is -2.63. The molecule has 20 heavy (non-hydrogen) atoms. The second-order valence-corrected chi connectivity index (χ2v) is 9.17. The summed E-state index contributed by atoms with van der Waals surface area (Å²) in [4.78, 5) is 0. The maximum atomic E-state index is 11.7. The molecule has 4 fully saturated rings. The monoisotopic (exact) mass is 276 g/mol. The maximum absolute atomic E-state index is 11.7. The summed E-state index contributed by atoms with van der Waals surface area (Å²) in [5.41, 5.74) is 0.602. The maximum Gasteiger partial charge on any atom is 0.0714 e. The Labute approximate surface area is 124 Å². The van der Waals surface area contributed by atoms with E-state index in [1.165, 1.54) is 64.2 Å². The summed E-state index contributed by atoms with van der Waals surface area (Å²) in [6.07, 6.45) is 14.8. The van der Waals surface area contributed by atoms with Crippen molar-refractivity contribution >= 4 is 0 Å². The molecule has 0 bridgehead atoms. The first kappa shape index (κ1) is 13.6. The zero-order valence-corrected chi connectivity index (χ0v) is 13.5. The van der Waals surface area contributed by atoms with Gasteiger partial charge in [-0.1, -0.05) is 33.1 Å². The summed E-state index contributed by atoms with van der Waals surface area (Å²) in [5.74, 6) is 2.12. The fraction of sp³-hybridized carbons (Fsp3) is 1.00. The minimum atomic E-state index is -0.313. The Morgan fingerprint density at radius 1 is 0.750 bits per heavy atom. The third kappa shape index (κ3) is 1.59. The largest absolute Gasteiger partial charge is 0.389 e. The minimum absolute atomic E-state index is 0.313. The molecule has 4 aliphatic carbocycles. The summed E-state index contributed by atoms with van der Waals surface area (Å²) >= 11 is 0. The molecule has 0 aromatic rings. The summed E-state index contributed by atoms with van der Waals surface area (Å²) in [7, 11) is 0. The lowest BCUT2D eigenvalue weighted by Crippen LogP contribution is -2.62. The van der Waals surface area contributed by atoms with Gasteiger partial charge in [0.2, 0.25) is 0 Å². The summed E-state index contributed by atoms with van der Waals surface area (Å²) in [6, 6.07) is 0. The van der Waals surface area contributed by atoms with Crippen LogP contribution in [0.5, 0.6) is 0 Å². The van der Waals surface area contributed by atoms with Crippen molar-refractivity contribution in [2.75, 3.05) is 0 Å². The smallest absolute Gasteiger partial charge is 0.0714 e. The Hall–Kier alpha value is -0.0400. The Kier molecular flexibility index (Phi) is 2.89. The molecule has 0 heterocycles. The molecule has 0 saturated heterocycles. The highest BCUT2D eigenvalue weighted by atomic mass is 16.3. The molecule has 1 nitrogen and oxygen atoms in total. The normalized spacial score (nSPS) is 58.6. The number of hydrogen-bond donors (Lipinski definition) is 1. The lowest BCUT2D eigenvalue weighted by atomic mass is 9.43. The molecule has 4 rings (SSSR count). The number of hydrogen-bond acceptors (Lipinski definition) is 1. The van der Waals surface area contributed by atoms with Crippen molar-refractivity contribution in [3.8, 4) is 0 Å². The first-order chi connectivity index (χ1) is 9.49. The fourth-order valence-electron chi connectivity index (χ4n) is 7.37. The van der Waals surface area contributed by atoms with Crippen molar-refractivity contribution in [2.45, 2.75) is 90.1 Å². The van der Waals surface area contributed by atoms with Gasteiger partial charge in [-0.25, -0.2) is 0 Å². The van der Waals surface area contributed by atoms with Crippen LogP contribution in [-0.4, -0.2) is 10.7 Å². The minimum Gasteiger partial charge on any atom is -0.389 e. The van der Waals surface area contributed by atoms with E-state index >= 15 is 0 Å². The molecule has 0 aromatic heterocycles. The molecule has 0 radical (unpaired) electrons. The predicted molar refractivity (Wildman–Crippen MR) is 82.4 cm³/mol. The summed E-state index contributed by atoms with van der Waals surface area (Å²) in [6.45, 7) is 5.03. The second kappa shape index (κ2) is 4.24. The topological polar surface area (TPSA) is 20.2 Å².